The zero-order valence-electron chi connectivity index (χ0n) is 23.0. The normalized spacial score (nSPS) is 13.5. The first-order valence-electron chi connectivity index (χ1n) is 13.6. The van der Waals surface area contributed by atoms with Crippen LogP contribution in [0.2, 0.25) is 10.0 Å². The summed E-state index contributed by atoms with van der Waals surface area (Å²) < 4.78 is 7.53. The topological polar surface area (TPSA) is 93.5 Å². The number of nitrogens with zero attached hydrogens (tertiary/aromatic N) is 2. The first-order chi connectivity index (χ1) is 20.8. The molecule has 1 aromatic heterocycles. The number of benzene rings is 4. The molecule has 7 nitrogen and oxygen atoms in total. The third-order valence-corrected chi connectivity index (χ3v) is 8.40. The maximum Gasteiger partial charge on any atom is 0.305 e. The van der Waals surface area contributed by atoms with Crippen molar-refractivity contribution < 1.29 is 19.4 Å². The molecule has 1 unspecified atom stereocenters. The van der Waals surface area contributed by atoms with Crippen LogP contribution in [0.1, 0.15) is 39.5 Å². The number of carbonyl (C=O) groups excluding carboxylic acids is 1. The molecular formula is C33H26Cl3N3O4. The van der Waals surface area contributed by atoms with Crippen molar-refractivity contribution >= 4 is 57.5 Å². The van der Waals surface area contributed by atoms with E-state index in [1.165, 1.54) is 0 Å². The number of aromatic nitrogens is 2. The molecule has 218 valence electrons. The predicted octanol–water partition coefficient (Wildman–Crippen LogP) is 7.77. The van der Waals surface area contributed by atoms with E-state index in [0.717, 1.165) is 55.7 Å². The third-order valence-electron chi connectivity index (χ3n) is 7.70. The standard InChI is InChI=1S/C33H26Cl3N3O4/c1-43-24-7-9-25-20(15-24)6-8-26-28(12-18-2-4-19(5-3-18)33(42)37-11-10-29(40)41)39-32(30(25)26)27(17-34)31(38-39)21-13-22(35)16-23(36)14-21/h2-9,13-16,28H,10-12,17H2,1H3,(H,37,42)(H,40,41). The van der Waals surface area contributed by atoms with Crippen LogP contribution in [0.5, 0.6) is 5.75 Å². The zero-order chi connectivity index (χ0) is 30.2. The van der Waals surface area contributed by atoms with E-state index in [4.69, 9.17) is 49.7 Å². The van der Waals surface area contributed by atoms with Crippen molar-refractivity contribution in [1.82, 2.24) is 15.1 Å². The number of rotatable bonds is 9. The van der Waals surface area contributed by atoms with E-state index in [2.05, 4.69) is 23.5 Å². The molecule has 0 saturated heterocycles. The minimum absolute atomic E-state index is 0.0692. The number of carbonyl (C=O) groups is 2. The molecule has 6 rings (SSSR count). The van der Waals surface area contributed by atoms with E-state index < -0.39 is 5.97 Å². The van der Waals surface area contributed by atoms with Gasteiger partial charge < -0.3 is 15.2 Å². The van der Waals surface area contributed by atoms with Crippen LogP contribution in [0, 0.1) is 0 Å². The van der Waals surface area contributed by atoms with E-state index in [1.807, 2.05) is 41.1 Å². The first kappa shape index (κ1) is 29.1. The fourth-order valence-electron chi connectivity index (χ4n) is 5.73. The lowest BCUT2D eigenvalue weighted by molar-refractivity contribution is -0.136. The molecule has 0 saturated carbocycles. The Hall–Kier alpha value is -4.04. The van der Waals surface area contributed by atoms with Crippen LogP contribution < -0.4 is 10.1 Å². The number of carboxylic acid groups (broad SMARTS) is 1. The fourth-order valence-corrected chi connectivity index (χ4v) is 6.51. The maximum atomic E-state index is 12.5. The van der Waals surface area contributed by atoms with E-state index >= 15 is 0 Å². The molecule has 0 bridgehead atoms. The van der Waals surface area contributed by atoms with Gasteiger partial charge in [0.2, 0.25) is 0 Å². The summed E-state index contributed by atoms with van der Waals surface area (Å²) >= 11 is 19.4. The van der Waals surface area contributed by atoms with Gasteiger partial charge in [0.1, 0.15) is 5.75 Å². The molecule has 1 atom stereocenters. The number of hydrogen-bond donors (Lipinski definition) is 2. The van der Waals surface area contributed by atoms with Gasteiger partial charge in [0, 0.05) is 38.8 Å². The second kappa shape index (κ2) is 11.9. The van der Waals surface area contributed by atoms with Crippen molar-refractivity contribution in [2.45, 2.75) is 24.8 Å². The number of amides is 1. The smallest absolute Gasteiger partial charge is 0.305 e. The number of nitrogens with one attached hydrogen (secondary N) is 1. The highest BCUT2D eigenvalue weighted by Crippen LogP contribution is 2.49. The predicted molar refractivity (Wildman–Crippen MR) is 170 cm³/mol. The fraction of sp³-hybridized carbons (Fsp3) is 0.182. The molecule has 0 spiro atoms. The Bertz CT molecular complexity index is 1870. The molecule has 43 heavy (non-hydrogen) atoms. The minimum atomic E-state index is -0.962. The van der Waals surface area contributed by atoms with Crippen LogP contribution in [0.3, 0.4) is 0 Å². The van der Waals surface area contributed by atoms with Gasteiger partial charge in [0.25, 0.3) is 5.91 Å². The molecule has 1 aliphatic rings. The van der Waals surface area contributed by atoms with Crippen molar-refractivity contribution in [3.63, 3.8) is 0 Å². The lowest BCUT2D eigenvalue weighted by Gasteiger charge is -2.16. The molecule has 0 radical (unpaired) electrons. The van der Waals surface area contributed by atoms with Crippen molar-refractivity contribution in [1.29, 1.82) is 0 Å². The Morgan fingerprint density at radius 3 is 2.42 bits per heavy atom. The summed E-state index contributed by atoms with van der Waals surface area (Å²) in [5.74, 6) is -0.267. The molecule has 0 aliphatic carbocycles. The summed E-state index contributed by atoms with van der Waals surface area (Å²) in [6.07, 6.45) is 0.480. The molecule has 1 amide bonds. The Morgan fingerprint density at radius 2 is 1.74 bits per heavy atom. The number of ether oxygens (including phenoxy) is 1. The highest BCUT2D eigenvalue weighted by Gasteiger charge is 2.35. The molecule has 4 aromatic carbocycles. The summed E-state index contributed by atoms with van der Waals surface area (Å²) in [7, 11) is 1.65. The zero-order valence-corrected chi connectivity index (χ0v) is 25.3. The van der Waals surface area contributed by atoms with Crippen molar-refractivity contribution in [3.8, 4) is 28.3 Å². The first-order valence-corrected chi connectivity index (χ1v) is 14.9. The van der Waals surface area contributed by atoms with Crippen LogP contribution in [-0.4, -0.2) is 40.4 Å². The van der Waals surface area contributed by atoms with Gasteiger partial charge in [0.05, 0.1) is 36.8 Å². The van der Waals surface area contributed by atoms with Crippen LogP contribution in [-0.2, 0) is 17.1 Å². The van der Waals surface area contributed by atoms with Gasteiger partial charge in [-0.1, -0.05) is 53.5 Å². The monoisotopic (exact) mass is 633 g/mol. The van der Waals surface area contributed by atoms with Gasteiger partial charge in [-0.25, -0.2) is 0 Å². The minimum Gasteiger partial charge on any atom is -0.497 e. The Morgan fingerprint density at radius 1 is 1.00 bits per heavy atom. The van der Waals surface area contributed by atoms with Crippen LogP contribution in [0.15, 0.2) is 72.8 Å². The highest BCUT2D eigenvalue weighted by molar-refractivity contribution is 6.35. The van der Waals surface area contributed by atoms with Gasteiger partial charge in [-0.15, -0.1) is 11.6 Å². The third kappa shape index (κ3) is 5.56. The number of carboxylic acids is 1. The number of alkyl halides is 1. The number of halogens is 3. The van der Waals surface area contributed by atoms with Gasteiger partial charge in [-0.3, -0.25) is 14.3 Å². The summed E-state index contributed by atoms with van der Waals surface area (Å²) in [6.45, 7) is 0.0692. The van der Waals surface area contributed by atoms with Crippen LogP contribution in [0.25, 0.3) is 33.3 Å². The highest BCUT2D eigenvalue weighted by atomic mass is 35.5. The maximum absolute atomic E-state index is 12.5. The van der Waals surface area contributed by atoms with E-state index in [-0.39, 0.29) is 30.8 Å². The Kier molecular flexibility index (Phi) is 8.05. The molecule has 5 aromatic rings. The van der Waals surface area contributed by atoms with Gasteiger partial charge in [-0.05, 0) is 70.8 Å². The lowest BCUT2D eigenvalue weighted by atomic mass is 9.91. The van der Waals surface area contributed by atoms with E-state index in [0.29, 0.717) is 22.0 Å². The number of methoxy groups -OCH3 is 1. The van der Waals surface area contributed by atoms with Crippen molar-refractivity contribution in [2.75, 3.05) is 13.7 Å². The molecule has 2 heterocycles. The SMILES string of the molecule is COc1ccc2c3c(ccc2c1)C(Cc1ccc(C(=O)NCCC(=O)O)cc1)n1nc(-c2cc(Cl)cc(Cl)c2)c(CCl)c1-3. The molecule has 2 N–H and O–H groups in total. The second-order valence-electron chi connectivity index (χ2n) is 10.3. The largest absolute Gasteiger partial charge is 0.497 e. The molecule has 10 heteroatoms. The Labute approximate surface area is 262 Å². The van der Waals surface area contributed by atoms with Crippen molar-refractivity contribution in [3.05, 3.63) is 105 Å². The summed E-state index contributed by atoms with van der Waals surface area (Å²) in [4.78, 5) is 23.2. The van der Waals surface area contributed by atoms with Gasteiger partial charge in [0.15, 0.2) is 0 Å². The number of aliphatic carboxylic acids is 1. The summed E-state index contributed by atoms with van der Waals surface area (Å²) in [5.41, 5.74) is 7.02. The Balaban J connectivity index is 1.44. The number of fused-ring (bicyclic) bond motifs is 5. The van der Waals surface area contributed by atoms with Crippen molar-refractivity contribution in [2.24, 2.45) is 0 Å². The second-order valence-corrected chi connectivity index (χ2v) is 11.5. The van der Waals surface area contributed by atoms with E-state index in [1.54, 1.807) is 25.3 Å². The average Bonchev–Trinajstić information content (AvgIpc) is 3.51. The quantitative estimate of drug-likeness (QED) is 0.162. The molecule has 0 fully saturated rings. The molecule has 1 aliphatic heterocycles. The summed E-state index contributed by atoms with van der Waals surface area (Å²) in [6, 6.07) is 22.8. The van der Waals surface area contributed by atoms with E-state index in [9.17, 15) is 9.59 Å². The lowest BCUT2D eigenvalue weighted by Crippen LogP contribution is -2.25. The van der Waals surface area contributed by atoms with Gasteiger partial charge in [-0.2, -0.15) is 5.10 Å². The van der Waals surface area contributed by atoms with Gasteiger partial charge >= 0.3 is 5.97 Å². The summed E-state index contributed by atoms with van der Waals surface area (Å²) in [5, 5.41) is 19.7. The molecular weight excluding hydrogens is 609 g/mol. The van der Waals surface area contributed by atoms with Crippen LogP contribution in [0.4, 0.5) is 0 Å². The average molecular weight is 635 g/mol. The van der Waals surface area contributed by atoms with Crippen LogP contribution >= 0.6 is 34.8 Å². The number of hydrogen-bond acceptors (Lipinski definition) is 4.